The second-order valence-electron chi connectivity index (χ2n) is 5.36. The van der Waals surface area contributed by atoms with Crippen molar-refractivity contribution >= 4 is 0 Å². The third kappa shape index (κ3) is 2.13. The van der Waals surface area contributed by atoms with Crippen LogP contribution >= 0.6 is 0 Å². The van der Waals surface area contributed by atoms with Crippen molar-refractivity contribution in [3.8, 4) is 0 Å². The van der Waals surface area contributed by atoms with E-state index in [0.717, 1.165) is 23.9 Å². The van der Waals surface area contributed by atoms with Crippen molar-refractivity contribution < 1.29 is 0 Å². The molecule has 0 aromatic carbocycles. The van der Waals surface area contributed by atoms with E-state index in [1.807, 2.05) is 0 Å². The molecular weight excluding hydrogens is 170 g/mol. The minimum Gasteiger partial charge on any atom is -0.311 e. The summed E-state index contributed by atoms with van der Waals surface area (Å²) in [5, 5.41) is 3.89. The van der Waals surface area contributed by atoms with Gasteiger partial charge in [-0.15, -0.1) is 0 Å². The molecule has 2 rings (SSSR count). The van der Waals surface area contributed by atoms with Gasteiger partial charge in [0.15, 0.2) is 0 Å². The van der Waals surface area contributed by atoms with Crippen molar-refractivity contribution in [1.82, 2.24) is 5.32 Å². The maximum atomic E-state index is 3.89. The molecule has 0 aromatic heterocycles. The van der Waals surface area contributed by atoms with Crippen LogP contribution in [-0.4, -0.2) is 12.1 Å². The summed E-state index contributed by atoms with van der Waals surface area (Å²) < 4.78 is 0. The molecule has 0 spiro atoms. The van der Waals surface area contributed by atoms with Gasteiger partial charge in [-0.3, -0.25) is 0 Å². The Morgan fingerprint density at radius 2 is 1.79 bits per heavy atom. The highest BCUT2D eigenvalue weighted by atomic mass is 15.0. The van der Waals surface area contributed by atoms with Crippen molar-refractivity contribution in [2.45, 2.75) is 70.9 Å². The first-order chi connectivity index (χ1) is 6.81. The SMILES string of the molecule is CCC1CCC(NC2CCCC2)C1C. The average molecular weight is 195 g/mol. The van der Waals surface area contributed by atoms with Crippen LogP contribution in [0.15, 0.2) is 0 Å². The quantitative estimate of drug-likeness (QED) is 0.728. The monoisotopic (exact) mass is 195 g/mol. The highest BCUT2D eigenvalue weighted by molar-refractivity contribution is 4.89. The molecule has 0 amide bonds. The molecule has 2 aliphatic rings. The first kappa shape index (κ1) is 10.5. The molecule has 14 heavy (non-hydrogen) atoms. The molecule has 1 nitrogen and oxygen atoms in total. The van der Waals surface area contributed by atoms with Crippen LogP contribution in [0.1, 0.15) is 58.8 Å². The highest BCUT2D eigenvalue weighted by Gasteiger charge is 2.32. The Hall–Kier alpha value is -0.0400. The second kappa shape index (κ2) is 4.65. The second-order valence-corrected chi connectivity index (χ2v) is 5.36. The van der Waals surface area contributed by atoms with E-state index in [-0.39, 0.29) is 0 Å². The van der Waals surface area contributed by atoms with Crippen LogP contribution < -0.4 is 5.32 Å². The van der Waals surface area contributed by atoms with Crippen LogP contribution in [0.25, 0.3) is 0 Å². The molecule has 2 aliphatic carbocycles. The lowest BCUT2D eigenvalue weighted by Gasteiger charge is -2.24. The smallest absolute Gasteiger partial charge is 0.00980 e. The summed E-state index contributed by atoms with van der Waals surface area (Å²) in [6, 6.07) is 1.70. The zero-order chi connectivity index (χ0) is 9.97. The molecule has 3 unspecified atom stereocenters. The molecular formula is C13H25N. The maximum absolute atomic E-state index is 3.89. The predicted octanol–water partition coefficient (Wildman–Crippen LogP) is 3.34. The van der Waals surface area contributed by atoms with Crippen LogP contribution in [0, 0.1) is 11.8 Å². The number of rotatable bonds is 3. The minimum atomic E-state index is 0.836. The highest BCUT2D eigenvalue weighted by Crippen LogP contribution is 2.35. The van der Waals surface area contributed by atoms with Gasteiger partial charge in [0, 0.05) is 12.1 Å². The fraction of sp³-hybridized carbons (Fsp3) is 1.00. The van der Waals surface area contributed by atoms with Crippen LogP contribution in [0.2, 0.25) is 0 Å². The zero-order valence-electron chi connectivity index (χ0n) is 9.76. The summed E-state index contributed by atoms with van der Waals surface area (Å²) >= 11 is 0. The van der Waals surface area contributed by atoms with Gasteiger partial charge in [-0.25, -0.2) is 0 Å². The van der Waals surface area contributed by atoms with E-state index < -0.39 is 0 Å². The summed E-state index contributed by atoms with van der Waals surface area (Å²) in [5.41, 5.74) is 0. The standard InChI is InChI=1S/C13H25N/c1-3-11-8-9-13(10(11)2)14-12-6-4-5-7-12/h10-14H,3-9H2,1-2H3. The van der Waals surface area contributed by atoms with Crippen molar-refractivity contribution in [3.63, 3.8) is 0 Å². The Kier molecular flexibility index (Phi) is 3.48. The summed E-state index contributed by atoms with van der Waals surface area (Å²) in [6.07, 6.45) is 10.0. The van der Waals surface area contributed by atoms with Gasteiger partial charge in [-0.1, -0.05) is 33.1 Å². The Balaban J connectivity index is 1.80. The van der Waals surface area contributed by atoms with Gasteiger partial charge in [0.2, 0.25) is 0 Å². The van der Waals surface area contributed by atoms with E-state index in [1.54, 1.807) is 0 Å². The molecule has 1 N–H and O–H groups in total. The Morgan fingerprint density at radius 1 is 1.07 bits per heavy atom. The van der Waals surface area contributed by atoms with E-state index in [1.165, 1.54) is 44.9 Å². The lowest BCUT2D eigenvalue weighted by molar-refractivity contribution is 0.320. The number of hydrogen-bond donors (Lipinski definition) is 1. The summed E-state index contributed by atoms with van der Waals surface area (Å²) in [7, 11) is 0. The third-order valence-electron chi connectivity index (χ3n) is 4.56. The van der Waals surface area contributed by atoms with Crippen molar-refractivity contribution in [3.05, 3.63) is 0 Å². The topological polar surface area (TPSA) is 12.0 Å². The molecule has 0 aromatic rings. The lowest BCUT2D eigenvalue weighted by Crippen LogP contribution is -2.39. The lowest BCUT2D eigenvalue weighted by atomic mass is 9.93. The first-order valence-corrected chi connectivity index (χ1v) is 6.57. The maximum Gasteiger partial charge on any atom is 0.00980 e. The van der Waals surface area contributed by atoms with E-state index in [4.69, 9.17) is 0 Å². The van der Waals surface area contributed by atoms with E-state index >= 15 is 0 Å². The van der Waals surface area contributed by atoms with E-state index in [0.29, 0.717) is 0 Å². The largest absolute Gasteiger partial charge is 0.311 e. The molecule has 0 bridgehead atoms. The Bertz CT molecular complexity index is 172. The molecule has 0 aliphatic heterocycles. The third-order valence-corrected chi connectivity index (χ3v) is 4.56. The molecule has 82 valence electrons. The van der Waals surface area contributed by atoms with Crippen LogP contribution in [0.5, 0.6) is 0 Å². The van der Waals surface area contributed by atoms with Gasteiger partial charge in [0.05, 0.1) is 0 Å². The Labute approximate surface area is 88.7 Å². The van der Waals surface area contributed by atoms with Crippen molar-refractivity contribution in [1.29, 1.82) is 0 Å². The van der Waals surface area contributed by atoms with Gasteiger partial charge >= 0.3 is 0 Å². The number of hydrogen-bond acceptors (Lipinski definition) is 1. The van der Waals surface area contributed by atoms with Gasteiger partial charge in [-0.2, -0.15) is 0 Å². The van der Waals surface area contributed by atoms with Gasteiger partial charge in [0.25, 0.3) is 0 Å². The average Bonchev–Trinajstić information content (AvgIpc) is 2.79. The summed E-state index contributed by atoms with van der Waals surface area (Å²) in [4.78, 5) is 0. The minimum absolute atomic E-state index is 0.836. The predicted molar refractivity (Wildman–Crippen MR) is 61.4 cm³/mol. The Morgan fingerprint density at radius 3 is 2.36 bits per heavy atom. The van der Waals surface area contributed by atoms with Crippen LogP contribution in [0.4, 0.5) is 0 Å². The van der Waals surface area contributed by atoms with Gasteiger partial charge < -0.3 is 5.32 Å². The van der Waals surface area contributed by atoms with Crippen LogP contribution in [0.3, 0.4) is 0 Å². The molecule has 0 saturated heterocycles. The number of nitrogens with one attached hydrogen (secondary N) is 1. The molecule has 0 radical (unpaired) electrons. The van der Waals surface area contributed by atoms with Crippen LogP contribution in [-0.2, 0) is 0 Å². The van der Waals surface area contributed by atoms with Crippen molar-refractivity contribution in [2.24, 2.45) is 11.8 Å². The van der Waals surface area contributed by atoms with E-state index in [9.17, 15) is 0 Å². The van der Waals surface area contributed by atoms with E-state index in [2.05, 4.69) is 19.2 Å². The fourth-order valence-corrected chi connectivity index (χ4v) is 3.45. The van der Waals surface area contributed by atoms with Gasteiger partial charge in [-0.05, 0) is 37.5 Å². The molecule has 0 heterocycles. The summed E-state index contributed by atoms with van der Waals surface area (Å²) in [6.45, 7) is 4.80. The fourth-order valence-electron chi connectivity index (χ4n) is 3.45. The zero-order valence-corrected chi connectivity index (χ0v) is 9.76. The summed E-state index contributed by atoms with van der Waals surface area (Å²) in [5.74, 6) is 1.91. The molecule has 2 saturated carbocycles. The van der Waals surface area contributed by atoms with Crippen molar-refractivity contribution in [2.75, 3.05) is 0 Å². The first-order valence-electron chi connectivity index (χ1n) is 6.57. The van der Waals surface area contributed by atoms with Gasteiger partial charge in [0.1, 0.15) is 0 Å². The molecule has 3 atom stereocenters. The normalized spacial score (nSPS) is 39.4. The molecule has 2 fully saturated rings. The molecule has 1 heteroatoms.